The summed E-state index contributed by atoms with van der Waals surface area (Å²) in [6.07, 6.45) is 5.30. The normalized spacial score (nSPS) is 21.8. The first-order valence-corrected chi connectivity index (χ1v) is 9.30. The molecule has 7 heteroatoms. The Labute approximate surface area is 162 Å². The van der Waals surface area contributed by atoms with Gasteiger partial charge in [-0.15, -0.1) is 0 Å². The number of benzene rings is 1. The number of nitrogens with zero attached hydrogens (tertiary/aromatic N) is 2. The number of nitrogens with two attached hydrogens (primary N) is 1. The predicted octanol–water partition coefficient (Wildman–Crippen LogP) is 3.80. The van der Waals surface area contributed by atoms with Crippen LogP contribution in [-0.4, -0.2) is 34.3 Å². The van der Waals surface area contributed by atoms with E-state index < -0.39 is 11.6 Å². The summed E-state index contributed by atoms with van der Waals surface area (Å²) in [6, 6.07) is 9.21. The quantitative estimate of drug-likeness (QED) is 0.703. The zero-order chi connectivity index (χ0) is 19.9. The summed E-state index contributed by atoms with van der Waals surface area (Å²) in [7, 11) is 1.62. The van der Waals surface area contributed by atoms with Crippen molar-refractivity contribution in [1.82, 2.24) is 9.61 Å². The number of methoxy groups -OCH3 is 1. The molecule has 3 N–H and O–H groups in total. The lowest BCUT2D eigenvalue weighted by atomic mass is 10.0. The second-order valence-corrected chi connectivity index (χ2v) is 7.45. The average molecular weight is 382 g/mol. The van der Waals surface area contributed by atoms with E-state index in [0.717, 1.165) is 23.3 Å². The molecule has 1 saturated carbocycles. The molecule has 0 unspecified atom stereocenters. The van der Waals surface area contributed by atoms with Crippen molar-refractivity contribution in [3.63, 3.8) is 0 Å². The number of aromatic nitrogens is 2. The van der Waals surface area contributed by atoms with Gasteiger partial charge in [-0.2, -0.15) is 5.10 Å². The Morgan fingerprint density at radius 2 is 2.11 bits per heavy atom. The highest BCUT2D eigenvalue weighted by Crippen LogP contribution is 2.37. The molecule has 0 spiro atoms. The third-order valence-corrected chi connectivity index (χ3v) is 5.53. The fourth-order valence-corrected chi connectivity index (χ4v) is 3.86. The summed E-state index contributed by atoms with van der Waals surface area (Å²) in [4.78, 5) is 12.0. The molecule has 4 rings (SSSR count). The summed E-state index contributed by atoms with van der Waals surface area (Å²) in [5.74, 6) is 0.177. The van der Waals surface area contributed by atoms with Gasteiger partial charge in [0, 0.05) is 11.8 Å². The van der Waals surface area contributed by atoms with Crippen LogP contribution < -0.4 is 15.8 Å². The van der Waals surface area contributed by atoms with E-state index in [4.69, 9.17) is 10.5 Å². The van der Waals surface area contributed by atoms with Crippen LogP contribution in [-0.2, 0) is 0 Å². The van der Waals surface area contributed by atoms with Crippen LogP contribution in [0.4, 0.5) is 10.1 Å². The smallest absolute Gasteiger partial charge is 0.252 e. The number of hydrogen-bond donors (Lipinski definition) is 2. The van der Waals surface area contributed by atoms with Crippen molar-refractivity contribution >= 4 is 17.1 Å². The molecule has 2 aromatic heterocycles. The Morgan fingerprint density at radius 3 is 2.71 bits per heavy atom. The number of fused-ring (bicyclic) bond motifs is 1. The number of alkyl halides is 1. The molecule has 2 heterocycles. The maximum atomic E-state index is 14.8. The lowest BCUT2D eigenvalue weighted by Crippen LogP contribution is -2.36. The number of rotatable bonds is 5. The van der Waals surface area contributed by atoms with E-state index in [-0.39, 0.29) is 11.6 Å². The van der Waals surface area contributed by atoms with Gasteiger partial charge in [-0.3, -0.25) is 4.79 Å². The van der Waals surface area contributed by atoms with E-state index in [9.17, 15) is 9.18 Å². The van der Waals surface area contributed by atoms with Crippen molar-refractivity contribution in [2.75, 3.05) is 12.4 Å². The minimum Gasteiger partial charge on any atom is -0.497 e. The van der Waals surface area contributed by atoms with Crippen LogP contribution in [0.25, 0.3) is 16.6 Å². The van der Waals surface area contributed by atoms with Crippen LogP contribution in [0.3, 0.4) is 0 Å². The van der Waals surface area contributed by atoms with E-state index in [0.29, 0.717) is 24.0 Å². The molecular weight excluding hydrogens is 359 g/mol. The first-order chi connectivity index (χ1) is 13.4. The number of carbonyl (C=O) groups excluding carboxylic acids is 1. The highest BCUT2D eigenvalue weighted by Gasteiger charge is 2.39. The number of hydrogen-bond acceptors (Lipinski definition) is 4. The number of primary amides is 1. The minimum atomic E-state index is -1.33. The van der Waals surface area contributed by atoms with Crippen molar-refractivity contribution < 1.29 is 13.9 Å². The maximum absolute atomic E-state index is 14.8. The van der Waals surface area contributed by atoms with Gasteiger partial charge in [0.15, 0.2) is 0 Å². The van der Waals surface area contributed by atoms with Gasteiger partial charge in [-0.05, 0) is 49.9 Å². The zero-order valence-electron chi connectivity index (χ0n) is 15.9. The lowest BCUT2D eigenvalue weighted by molar-refractivity contribution is 0.1000. The molecule has 2 atom stereocenters. The largest absolute Gasteiger partial charge is 0.497 e. The van der Waals surface area contributed by atoms with Crippen LogP contribution >= 0.6 is 0 Å². The van der Waals surface area contributed by atoms with Gasteiger partial charge >= 0.3 is 0 Å². The van der Waals surface area contributed by atoms with Crippen LogP contribution in [0, 0.1) is 0 Å². The number of nitrogens with one attached hydrogen (secondary N) is 1. The zero-order valence-corrected chi connectivity index (χ0v) is 15.9. The molecule has 1 aliphatic carbocycles. The molecule has 3 aromatic rings. The molecule has 0 aliphatic heterocycles. The molecule has 1 aliphatic rings. The predicted molar refractivity (Wildman–Crippen MR) is 106 cm³/mol. The highest BCUT2D eigenvalue weighted by atomic mass is 19.1. The molecule has 6 nitrogen and oxygen atoms in total. The van der Waals surface area contributed by atoms with Crippen molar-refractivity contribution in [1.29, 1.82) is 0 Å². The molecule has 28 heavy (non-hydrogen) atoms. The highest BCUT2D eigenvalue weighted by molar-refractivity contribution is 6.02. The molecule has 1 amide bonds. The maximum Gasteiger partial charge on any atom is 0.252 e. The van der Waals surface area contributed by atoms with Crippen molar-refractivity contribution in [3.05, 3.63) is 48.3 Å². The van der Waals surface area contributed by atoms with Crippen LogP contribution in [0.1, 0.15) is 36.5 Å². The summed E-state index contributed by atoms with van der Waals surface area (Å²) in [6.45, 7) is 1.60. The Hall–Kier alpha value is -3.09. The van der Waals surface area contributed by atoms with E-state index >= 15 is 0 Å². The Bertz CT molecular complexity index is 1030. The van der Waals surface area contributed by atoms with E-state index in [1.54, 1.807) is 18.5 Å². The molecule has 0 saturated heterocycles. The first kappa shape index (κ1) is 18.3. The number of amides is 1. The number of halogens is 1. The van der Waals surface area contributed by atoms with Gasteiger partial charge < -0.3 is 15.8 Å². The van der Waals surface area contributed by atoms with Gasteiger partial charge in [0.25, 0.3) is 5.91 Å². The Kier molecular flexibility index (Phi) is 4.45. The second kappa shape index (κ2) is 6.82. The Balaban J connectivity index is 1.80. The standard InChI is InChI=1S/C21H23FN4O2/c1-21(22)9-3-4-18(21)25-19-16(20(23)27)11-24-26-12-14(10-17(19)26)13-5-7-15(28-2)8-6-13/h5-8,10-12,18,25H,3-4,9H2,1-2H3,(H2,23,27)/t18-,21+/m1/s1. The van der Waals surface area contributed by atoms with Crippen LogP contribution in [0.5, 0.6) is 5.75 Å². The SMILES string of the molecule is COc1ccc(-c2cc3c(N[C@@H]4CCC[C@]4(C)F)c(C(N)=O)cnn3c2)cc1. The van der Waals surface area contributed by atoms with Crippen molar-refractivity contribution in [3.8, 4) is 16.9 Å². The first-order valence-electron chi connectivity index (χ1n) is 9.30. The van der Waals surface area contributed by atoms with Crippen LogP contribution in [0.2, 0.25) is 0 Å². The minimum absolute atomic E-state index is 0.259. The number of ether oxygens (including phenoxy) is 1. The van der Waals surface area contributed by atoms with Gasteiger partial charge in [-0.25, -0.2) is 8.91 Å². The number of anilines is 1. The fraction of sp³-hybridized carbons (Fsp3) is 0.333. The number of carbonyl (C=O) groups is 1. The molecule has 146 valence electrons. The summed E-state index contributed by atoms with van der Waals surface area (Å²) < 4.78 is 21.7. The summed E-state index contributed by atoms with van der Waals surface area (Å²) in [5, 5.41) is 7.56. The van der Waals surface area contributed by atoms with Gasteiger partial charge in [0.1, 0.15) is 11.4 Å². The Morgan fingerprint density at radius 1 is 1.36 bits per heavy atom. The fourth-order valence-electron chi connectivity index (χ4n) is 3.86. The molecular formula is C21H23FN4O2. The summed E-state index contributed by atoms with van der Waals surface area (Å²) >= 11 is 0. The molecule has 1 aromatic carbocycles. The van der Waals surface area contributed by atoms with Crippen LogP contribution in [0.15, 0.2) is 42.7 Å². The van der Waals surface area contributed by atoms with E-state index in [1.807, 2.05) is 36.5 Å². The van der Waals surface area contributed by atoms with Gasteiger partial charge in [0.05, 0.1) is 36.1 Å². The summed E-state index contributed by atoms with van der Waals surface area (Å²) in [5.41, 5.74) is 7.60. The van der Waals surface area contributed by atoms with Crippen molar-refractivity contribution in [2.24, 2.45) is 5.73 Å². The third kappa shape index (κ3) is 3.17. The van der Waals surface area contributed by atoms with Gasteiger partial charge in [-0.1, -0.05) is 12.1 Å². The van der Waals surface area contributed by atoms with Crippen molar-refractivity contribution in [2.45, 2.75) is 37.9 Å². The molecule has 0 bridgehead atoms. The van der Waals surface area contributed by atoms with E-state index in [2.05, 4.69) is 10.4 Å². The topological polar surface area (TPSA) is 81.6 Å². The van der Waals surface area contributed by atoms with Gasteiger partial charge in [0.2, 0.25) is 0 Å². The second-order valence-electron chi connectivity index (χ2n) is 7.45. The third-order valence-electron chi connectivity index (χ3n) is 5.53. The molecule has 1 fully saturated rings. The molecule has 0 radical (unpaired) electrons. The van der Waals surface area contributed by atoms with E-state index in [1.165, 1.54) is 6.20 Å². The lowest BCUT2D eigenvalue weighted by Gasteiger charge is -2.26. The monoisotopic (exact) mass is 382 g/mol. The average Bonchev–Trinajstić information content (AvgIpc) is 3.25.